The Morgan fingerprint density at radius 2 is 2.04 bits per heavy atom. The summed E-state index contributed by atoms with van der Waals surface area (Å²) in [5, 5.41) is 4.52. The summed E-state index contributed by atoms with van der Waals surface area (Å²) in [7, 11) is -3.46. The lowest BCUT2D eigenvalue weighted by Gasteiger charge is -2.32. The molecule has 0 radical (unpaired) electrons. The molecule has 0 spiro atoms. The van der Waals surface area contributed by atoms with E-state index < -0.39 is 10.0 Å². The van der Waals surface area contributed by atoms with Crippen LogP contribution in [0.25, 0.3) is 0 Å². The summed E-state index contributed by atoms with van der Waals surface area (Å²) >= 11 is 1.19. The van der Waals surface area contributed by atoms with Gasteiger partial charge in [0.15, 0.2) is 0 Å². The fraction of sp³-hybridized carbons (Fsp3) is 0.333. The van der Waals surface area contributed by atoms with Gasteiger partial charge in [-0.1, -0.05) is 6.07 Å². The zero-order valence-electron chi connectivity index (χ0n) is 12.9. The number of thiophene rings is 1. The van der Waals surface area contributed by atoms with E-state index in [1.165, 1.54) is 11.3 Å². The third kappa shape index (κ3) is 4.11. The second-order valence-corrected chi connectivity index (χ2v) is 8.38. The molecule has 128 valence electrons. The molecule has 3 rings (SSSR count). The average Bonchev–Trinajstić information content (AvgIpc) is 3.11. The van der Waals surface area contributed by atoms with Crippen molar-refractivity contribution in [3.63, 3.8) is 0 Å². The van der Waals surface area contributed by atoms with Crippen LogP contribution >= 0.6 is 11.3 Å². The van der Waals surface area contributed by atoms with Crippen LogP contribution in [0.3, 0.4) is 0 Å². The second kappa shape index (κ2) is 7.29. The first-order valence-electron chi connectivity index (χ1n) is 7.56. The van der Waals surface area contributed by atoms with E-state index in [-0.39, 0.29) is 12.1 Å². The second-order valence-electron chi connectivity index (χ2n) is 5.49. The Bertz CT molecular complexity index is 770. The summed E-state index contributed by atoms with van der Waals surface area (Å²) in [5.74, 6) is 0. The molecule has 0 saturated carbocycles. The first kappa shape index (κ1) is 16.9. The predicted molar refractivity (Wildman–Crippen MR) is 92.5 cm³/mol. The number of amides is 2. The molecule has 2 amide bonds. The monoisotopic (exact) mass is 366 g/mol. The normalized spacial score (nSPS) is 16.1. The number of sulfonamides is 1. The van der Waals surface area contributed by atoms with E-state index in [9.17, 15) is 13.2 Å². The van der Waals surface area contributed by atoms with Crippen molar-refractivity contribution in [2.45, 2.75) is 23.1 Å². The van der Waals surface area contributed by atoms with Crippen LogP contribution in [0, 0.1) is 0 Å². The molecule has 1 saturated heterocycles. The van der Waals surface area contributed by atoms with Crippen molar-refractivity contribution in [1.29, 1.82) is 0 Å². The average molecular weight is 366 g/mol. The van der Waals surface area contributed by atoms with Crippen molar-refractivity contribution in [2.24, 2.45) is 0 Å². The quantitative estimate of drug-likeness (QED) is 0.867. The van der Waals surface area contributed by atoms with Crippen molar-refractivity contribution >= 4 is 33.1 Å². The highest BCUT2D eigenvalue weighted by Crippen LogP contribution is 2.19. The number of aromatic nitrogens is 1. The zero-order chi connectivity index (χ0) is 17.0. The van der Waals surface area contributed by atoms with Crippen molar-refractivity contribution in [2.75, 3.05) is 18.4 Å². The summed E-state index contributed by atoms with van der Waals surface area (Å²) in [5.41, 5.74) is 0.642. The molecule has 0 atom stereocenters. The lowest BCUT2D eigenvalue weighted by atomic mass is 10.1. The maximum Gasteiger partial charge on any atom is 0.321 e. The van der Waals surface area contributed by atoms with Crippen LogP contribution in [0.2, 0.25) is 0 Å². The first-order valence-corrected chi connectivity index (χ1v) is 9.93. The maximum atomic E-state index is 12.2. The number of hydrogen-bond donors (Lipinski definition) is 2. The van der Waals surface area contributed by atoms with Gasteiger partial charge in [0.05, 0.1) is 11.9 Å². The largest absolute Gasteiger partial charge is 0.324 e. The van der Waals surface area contributed by atoms with Gasteiger partial charge in [-0.05, 0) is 36.4 Å². The van der Waals surface area contributed by atoms with Crippen LogP contribution in [0.15, 0.2) is 46.2 Å². The highest BCUT2D eigenvalue weighted by atomic mass is 32.2. The van der Waals surface area contributed by atoms with Crippen LogP contribution in [0.5, 0.6) is 0 Å². The van der Waals surface area contributed by atoms with Crippen LogP contribution in [-0.4, -0.2) is 43.5 Å². The molecule has 2 N–H and O–H groups in total. The van der Waals surface area contributed by atoms with Gasteiger partial charge in [0.2, 0.25) is 10.0 Å². The van der Waals surface area contributed by atoms with Gasteiger partial charge < -0.3 is 10.2 Å². The van der Waals surface area contributed by atoms with E-state index in [2.05, 4.69) is 15.0 Å². The van der Waals surface area contributed by atoms with Crippen LogP contribution < -0.4 is 10.0 Å². The number of carbonyl (C=O) groups is 1. The van der Waals surface area contributed by atoms with E-state index in [0.29, 0.717) is 35.8 Å². The third-order valence-electron chi connectivity index (χ3n) is 3.78. The maximum absolute atomic E-state index is 12.2. The molecule has 0 aromatic carbocycles. The summed E-state index contributed by atoms with van der Waals surface area (Å²) in [4.78, 5) is 17.8. The predicted octanol–water partition coefficient (Wildman–Crippen LogP) is 2.12. The molecule has 2 aromatic rings. The molecule has 9 heteroatoms. The van der Waals surface area contributed by atoms with Gasteiger partial charge in [0.1, 0.15) is 4.21 Å². The summed E-state index contributed by atoms with van der Waals surface area (Å²) < 4.78 is 27.5. The number of hydrogen-bond acceptors (Lipinski definition) is 5. The van der Waals surface area contributed by atoms with Gasteiger partial charge >= 0.3 is 6.03 Å². The van der Waals surface area contributed by atoms with Crippen molar-refractivity contribution in [3.05, 3.63) is 42.0 Å². The zero-order valence-corrected chi connectivity index (χ0v) is 14.5. The highest BCUT2D eigenvalue weighted by Gasteiger charge is 2.27. The number of anilines is 1. The van der Waals surface area contributed by atoms with E-state index >= 15 is 0 Å². The van der Waals surface area contributed by atoms with Gasteiger partial charge in [-0.2, -0.15) is 0 Å². The molecular formula is C15H18N4O3S2. The van der Waals surface area contributed by atoms with Gasteiger partial charge in [-0.3, -0.25) is 4.98 Å². The smallest absolute Gasteiger partial charge is 0.321 e. The van der Waals surface area contributed by atoms with Crippen molar-refractivity contribution in [1.82, 2.24) is 14.6 Å². The minimum atomic E-state index is -3.46. The lowest BCUT2D eigenvalue weighted by Crippen LogP contribution is -2.47. The number of rotatable bonds is 4. The van der Waals surface area contributed by atoms with Gasteiger partial charge in [0.25, 0.3) is 0 Å². The van der Waals surface area contributed by atoms with E-state index in [1.807, 2.05) is 0 Å². The first-order chi connectivity index (χ1) is 11.5. The number of piperidine rings is 1. The van der Waals surface area contributed by atoms with E-state index in [4.69, 9.17) is 0 Å². The standard InChI is InChI=1S/C15H18N4O3S2/c20-15(17-13-3-1-7-16-11-13)19-8-5-12(6-9-19)18-24(21,22)14-4-2-10-23-14/h1-4,7,10-12,18H,5-6,8-9H2,(H,17,20). The number of nitrogens with zero attached hydrogens (tertiary/aromatic N) is 2. The topological polar surface area (TPSA) is 91.4 Å². The molecule has 7 nitrogen and oxygen atoms in total. The number of pyridine rings is 1. The molecule has 0 bridgehead atoms. The SMILES string of the molecule is O=C(Nc1cccnc1)N1CCC(NS(=O)(=O)c2cccs2)CC1. The third-order valence-corrected chi connectivity index (χ3v) is 6.69. The Morgan fingerprint density at radius 3 is 2.67 bits per heavy atom. The number of urea groups is 1. The molecule has 1 aliphatic rings. The molecule has 2 aromatic heterocycles. The summed E-state index contributed by atoms with van der Waals surface area (Å²) in [6, 6.07) is 6.48. The minimum absolute atomic E-state index is 0.153. The van der Waals surface area contributed by atoms with E-state index in [0.717, 1.165) is 0 Å². The Kier molecular flexibility index (Phi) is 5.12. The van der Waals surface area contributed by atoms with Crippen LogP contribution in [0.4, 0.5) is 10.5 Å². The van der Waals surface area contributed by atoms with Gasteiger partial charge in [-0.25, -0.2) is 17.9 Å². The highest BCUT2D eigenvalue weighted by molar-refractivity contribution is 7.91. The number of nitrogens with one attached hydrogen (secondary N) is 2. The minimum Gasteiger partial charge on any atom is -0.324 e. The van der Waals surface area contributed by atoms with Gasteiger partial charge in [0, 0.05) is 25.3 Å². The summed E-state index contributed by atoms with van der Waals surface area (Å²) in [6.07, 6.45) is 4.40. The van der Waals surface area contributed by atoms with Gasteiger partial charge in [-0.15, -0.1) is 11.3 Å². The Labute approximate surface area is 144 Å². The Balaban J connectivity index is 1.51. The molecule has 0 aliphatic carbocycles. The Hall–Kier alpha value is -1.97. The van der Waals surface area contributed by atoms with Crippen LogP contribution in [0.1, 0.15) is 12.8 Å². The fourth-order valence-corrected chi connectivity index (χ4v) is 4.85. The van der Waals surface area contributed by atoms with Crippen LogP contribution in [-0.2, 0) is 10.0 Å². The molecule has 1 aliphatic heterocycles. The van der Waals surface area contributed by atoms with Crippen molar-refractivity contribution < 1.29 is 13.2 Å². The molecule has 24 heavy (non-hydrogen) atoms. The number of carbonyl (C=O) groups excluding carboxylic acids is 1. The molecule has 0 unspecified atom stereocenters. The Morgan fingerprint density at radius 1 is 1.25 bits per heavy atom. The molecule has 1 fully saturated rings. The fourth-order valence-electron chi connectivity index (χ4n) is 2.53. The molecule has 3 heterocycles. The summed E-state index contributed by atoms with van der Waals surface area (Å²) in [6.45, 7) is 1.01. The lowest BCUT2D eigenvalue weighted by molar-refractivity contribution is 0.193. The number of likely N-dealkylation sites (tertiary alicyclic amines) is 1. The van der Waals surface area contributed by atoms with Crippen molar-refractivity contribution in [3.8, 4) is 0 Å². The molecular weight excluding hydrogens is 348 g/mol. The van der Waals surface area contributed by atoms with E-state index in [1.54, 1.807) is 46.9 Å².